The van der Waals surface area contributed by atoms with Crippen molar-refractivity contribution in [2.75, 3.05) is 6.61 Å². The number of para-hydroxylation sites is 1. The lowest BCUT2D eigenvalue weighted by Gasteiger charge is -2.43. The summed E-state index contributed by atoms with van der Waals surface area (Å²) in [6, 6.07) is 16.5. The molecular weight excluding hydrogens is 711 g/mol. The maximum absolute atomic E-state index is 15.3. The molecule has 0 heterocycles. The molecule has 0 amide bonds. The Balaban J connectivity index is 2.37. The highest BCUT2D eigenvalue weighted by Crippen LogP contribution is 2.73. The van der Waals surface area contributed by atoms with Crippen molar-refractivity contribution in [1.82, 2.24) is 0 Å². The predicted molar refractivity (Wildman–Crippen MR) is 143 cm³/mol. The van der Waals surface area contributed by atoms with Crippen LogP contribution in [0.2, 0.25) is 0 Å². The highest BCUT2D eigenvalue weighted by Gasteiger charge is 2.93. The van der Waals surface area contributed by atoms with Crippen molar-refractivity contribution < 1.29 is 73.9 Å². The first kappa shape index (κ1) is 38.3. The van der Waals surface area contributed by atoms with Gasteiger partial charge in [0, 0.05) is 9.79 Å². The van der Waals surface area contributed by atoms with Crippen molar-refractivity contribution in [2.24, 2.45) is 0 Å². The molecule has 0 unspecified atom stereocenters. The van der Waals surface area contributed by atoms with E-state index in [0.717, 1.165) is 30.3 Å². The van der Waals surface area contributed by atoms with Crippen LogP contribution in [-0.4, -0.2) is 50.1 Å². The molecule has 3 rings (SSSR count). The molecule has 4 nitrogen and oxygen atoms in total. The van der Waals surface area contributed by atoms with Gasteiger partial charge in [-0.1, -0.05) is 61.9 Å². The maximum atomic E-state index is 15.3. The third-order valence-corrected chi connectivity index (χ3v) is 11.7. The molecule has 0 aliphatic rings. The minimum absolute atomic E-state index is 0.0810. The molecule has 19 heteroatoms. The van der Waals surface area contributed by atoms with Gasteiger partial charge in [-0.3, -0.25) is 0 Å². The van der Waals surface area contributed by atoms with Gasteiger partial charge < -0.3 is 4.74 Å². The molecule has 3 aromatic carbocycles. The van der Waals surface area contributed by atoms with Crippen LogP contribution in [0.3, 0.4) is 0 Å². The molecule has 0 radical (unpaired) electrons. The first-order chi connectivity index (χ1) is 21.5. The van der Waals surface area contributed by atoms with Crippen LogP contribution >= 0.6 is 10.3 Å². The molecule has 47 heavy (non-hydrogen) atoms. The number of rotatable bonds is 14. The van der Waals surface area contributed by atoms with E-state index in [1.807, 2.05) is 0 Å². The second-order valence-electron chi connectivity index (χ2n) is 9.67. The third-order valence-electron chi connectivity index (χ3n) is 6.47. The Hall–Kier alpha value is -3.19. The van der Waals surface area contributed by atoms with Crippen molar-refractivity contribution in [2.45, 2.75) is 69.6 Å². The number of hydrogen-bond acceptors (Lipinski definition) is 4. The van der Waals surface area contributed by atoms with E-state index in [-0.39, 0.29) is 22.1 Å². The lowest BCUT2D eigenvalue weighted by Crippen LogP contribution is -2.71. The summed E-state index contributed by atoms with van der Waals surface area (Å²) in [5.41, 5.74) is 0. The van der Waals surface area contributed by atoms with E-state index in [1.165, 1.54) is 54.6 Å². The lowest BCUT2D eigenvalue weighted by atomic mass is 9.98. The van der Waals surface area contributed by atoms with Crippen LogP contribution in [0.25, 0.3) is 0 Å². The topological polar surface area (TPSA) is 52.6 Å². The third kappa shape index (κ3) is 6.25. The van der Waals surface area contributed by atoms with Gasteiger partial charge in [0.15, 0.2) is 0 Å². The molecule has 0 spiro atoms. The fourth-order valence-corrected chi connectivity index (χ4v) is 9.27. The summed E-state index contributed by atoms with van der Waals surface area (Å²) in [6.45, 7) is 1.67. The smallest absolute Gasteiger partial charge is 0.460 e. The van der Waals surface area contributed by atoms with E-state index in [0.29, 0.717) is 12.8 Å². The maximum Gasteiger partial charge on any atom is 0.460 e. The number of ether oxygens (including phenoxy) is 1. The van der Waals surface area contributed by atoms with E-state index in [4.69, 9.17) is 8.37 Å². The molecule has 0 bridgehead atoms. The molecule has 0 saturated heterocycles. The molecule has 0 aliphatic carbocycles. The van der Waals surface area contributed by atoms with Gasteiger partial charge in [0.25, 0.3) is 0 Å². The summed E-state index contributed by atoms with van der Waals surface area (Å²) in [6.07, 6.45) is -6.74. The minimum atomic E-state index is -8.35. The molecule has 0 N–H and O–H groups in total. The van der Waals surface area contributed by atoms with Crippen LogP contribution in [-0.2, 0) is 13.7 Å². The summed E-state index contributed by atoms with van der Waals surface area (Å²) in [4.78, 5) is -1.22. The van der Waals surface area contributed by atoms with Gasteiger partial charge in [0.2, 0.25) is 0 Å². The van der Waals surface area contributed by atoms with E-state index in [2.05, 4.69) is 0 Å². The molecule has 262 valence electrons. The standard InChI is InChI=1S/C28H23F13O4S2/c1-2-3-18-44-21-16-10-11-17-22(21)46(19-12-6-4-7-13-19,20-14-8-5-9-15-20)45-47(42,43)28(40,41)26(35,36)24(31,32)23(29,30)25(33,34)27(37,38)39/h4-17H,2-3,18H2,1H3. The average Bonchev–Trinajstić information content (AvgIpc) is 3.00. The Morgan fingerprint density at radius 1 is 0.574 bits per heavy atom. The normalized spacial score (nSPS) is 14.6. The summed E-state index contributed by atoms with van der Waals surface area (Å²) in [5, 5.41) is -7.57. The van der Waals surface area contributed by atoms with Crippen molar-refractivity contribution >= 4 is 20.4 Å². The van der Waals surface area contributed by atoms with Gasteiger partial charge >= 0.3 is 45.2 Å². The van der Waals surface area contributed by atoms with Gasteiger partial charge in [-0.05, 0) is 53.1 Å². The molecule has 0 atom stereocenters. The number of alkyl halides is 13. The quantitative estimate of drug-likeness (QED) is 0.122. The van der Waals surface area contributed by atoms with Gasteiger partial charge in [-0.25, -0.2) is 3.63 Å². The van der Waals surface area contributed by atoms with Gasteiger partial charge in [0.1, 0.15) is 5.75 Å². The van der Waals surface area contributed by atoms with Crippen molar-refractivity contribution in [1.29, 1.82) is 0 Å². The molecule has 0 aliphatic heterocycles. The Morgan fingerprint density at radius 2 is 1.00 bits per heavy atom. The average molecular weight is 735 g/mol. The van der Waals surface area contributed by atoms with Crippen LogP contribution in [0.5, 0.6) is 5.75 Å². The molecule has 0 saturated carbocycles. The zero-order valence-corrected chi connectivity index (χ0v) is 25.2. The Morgan fingerprint density at radius 3 is 1.45 bits per heavy atom. The van der Waals surface area contributed by atoms with Crippen LogP contribution in [0.1, 0.15) is 19.8 Å². The van der Waals surface area contributed by atoms with Crippen molar-refractivity contribution in [3.05, 3.63) is 84.9 Å². The molecule has 0 aromatic heterocycles. The number of halogens is 13. The van der Waals surface area contributed by atoms with E-state index >= 15 is 8.78 Å². The van der Waals surface area contributed by atoms with Gasteiger partial charge in [-0.2, -0.15) is 65.5 Å². The Kier molecular flexibility index (Phi) is 10.6. The van der Waals surface area contributed by atoms with E-state index in [9.17, 15) is 56.7 Å². The summed E-state index contributed by atoms with van der Waals surface area (Å²) < 4.78 is 218. The van der Waals surface area contributed by atoms with Crippen LogP contribution in [0.4, 0.5) is 57.1 Å². The van der Waals surface area contributed by atoms with Gasteiger partial charge in [0.05, 0.1) is 11.5 Å². The molecule has 3 aromatic rings. The monoisotopic (exact) mass is 734 g/mol. The van der Waals surface area contributed by atoms with Crippen LogP contribution < -0.4 is 4.74 Å². The SMILES string of the molecule is CCCCOc1ccccc1S(OS(=O)(=O)C(F)(F)C(F)(F)C(F)(F)C(F)(F)C(F)(F)C(F)(F)F)(c1ccccc1)c1ccccc1. The zero-order valence-electron chi connectivity index (χ0n) is 23.6. The number of benzene rings is 3. The first-order valence-electron chi connectivity index (χ1n) is 13.0. The van der Waals surface area contributed by atoms with Crippen molar-refractivity contribution in [3.8, 4) is 5.75 Å². The summed E-state index contributed by atoms with van der Waals surface area (Å²) in [5.74, 6) is -33.1. The van der Waals surface area contributed by atoms with E-state index < -0.39 is 60.4 Å². The highest BCUT2D eigenvalue weighted by molar-refractivity contribution is 8.33. The van der Waals surface area contributed by atoms with Crippen LogP contribution in [0, 0.1) is 0 Å². The number of unbranched alkanes of at least 4 members (excludes halogenated alkanes) is 1. The Labute approximate surface area is 261 Å². The number of hydrogen-bond donors (Lipinski definition) is 0. The second kappa shape index (κ2) is 13.0. The lowest BCUT2D eigenvalue weighted by molar-refractivity contribution is -0.433. The fraction of sp³-hybridized carbons (Fsp3) is 0.357. The largest absolute Gasteiger partial charge is 0.492 e. The van der Waals surface area contributed by atoms with Crippen molar-refractivity contribution in [3.63, 3.8) is 0 Å². The zero-order chi connectivity index (χ0) is 35.7. The molecule has 0 fully saturated rings. The Bertz CT molecular complexity index is 1580. The highest BCUT2D eigenvalue weighted by atomic mass is 32.3. The predicted octanol–water partition coefficient (Wildman–Crippen LogP) is 10.1. The molecular formula is C28H23F13O4S2. The summed E-state index contributed by atoms with van der Waals surface area (Å²) in [7, 11) is -12.1. The second-order valence-corrected chi connectivity index (χ2v) is 14.1. The van der Waals surface area contributed by atoms with Crippen LogP contribution in [0.15, 0.2) is 99.6 Å². The van der Waals surface area contributed by atoms with Gasteiger partial charge in [-0.15, -0.1) is 0 Å². The minimum Gasteiger partial charge on any atom is -0.492 e. The fourth-order valence-electron chi connectivity index (χ4n) is 3.95. The summed E-state index contributed by atoms with van der Waals surface area (Å²) >= 11 is 0. The van der Waals surface area contributed by atoms with E-state index in [1.54, 1.807) is 6.92 Å². The first-order valence-corrected chi connectivity index (χ1v) is 16.0.